The van der Waals surface area contributed by atoms with Crippen LogP contribution in [0.15, 0.2) is 18.2 Å². The van der Waals surface area contributed by atoms with Gasteiger partial charge in [-0.1, -0.05) is 6.07 Å². The molecule has 2 rings (SSSR count). The highest BCUT2D eigenvalue weighted by molar-refractivity contribution is 7.80. The largest absolute Gasteiger partial charge is 0.416 e. The van der Waals surface area contributed by atoms with Crippen LogP contribution in [-0.4, -0.2) is 22.0 Å². The molecule has 0 unspecified atom stereocenters. The van der Waals surface area contributed by atoms with Crippen molar-refractivity contribution in [1.82, 2.24) is 10.2 Å². The van der Waals surface area contributed by atoms with Gasteiger partial charge < -0.3 is 5.32 Å². The van der Waals surface area contributed by atoms with E-state index < -0.39 is 29.5 Å². The van der Waals surface area contributed by atoms with Crippen LogP contribution in [0.1, 0.15) is 18.1 Å². The fourth-order valence-corrected chi connectivity index (χ4v) is 2.26. The second kappa shape index (κ2) is 5.01. The number of rotatable bonds is 2. The van der Waals surface area contributed by atoms with Crippen molar-refractivity contribution in [3.05, 3.63) is 35.1 Å². The van der Waals surface area contributed by atoms with Crippen LogP contribution in [0.25, 0.3) is 0 Å². The van der Waals surface area contributed by atoms with Crippen molar-refractivity contribution >= 4 is 23.2 Å². The zero-order valence-electron chi connectivity index (χ0n) is 10.3. The number of halogens is 4. The summed E-state index contributed by atoms with van der Waals surface area (Å²) in [6.45, 7) is 1.22. The van der Waals surface area contributed by atoms with Gasteiger partial charge in [-0.25, -0.2) is 4.39 Å². The van der Waals surface area contributed by atoms with E-state index in [-0.39, 0.29) is 17.2 Å². The number of carbonyl (C=O) groups is 1. The number of carbonyl (C=O) groups excluding carboxylic acids is 1. The van der Waals surface area contributed by atoms with Crippen molar-refractivity contribution < 1.29 is 22.4 Å². The summed E-state index contributed by atoms with van der Waals surface area (Å²) in [5.41, 5.74) is -1.31. The molecule has 1 fully saturated rings. The molecule has 1 aromatic carbocycles. The van der Waals surface area contributed by atoms with E-state index in [2.05, 4.69) is 5.32 Å². The molecule has 0 aliphatic carbocycles. The van der Waals surface area contributed by atoms with Gasteiger partial charge in [0.15, 0.2) is 5.11 Å². The molecule has 0 aromatic heterocycles. The van der Waals surface area contributed by atoms with Crippen LogP contribution >= 0.6 is 12.2 Å². The topological polar surface area (TPSA) is 32.3 Å². The van der Waals surface area contributed by atoms with Gasteiger partial charge in [0.1, 0.15) is 11.9 Å². The average Bonchev–Trinajstić information content (AvgIpc) is 2.56. The summed E-state index contributed by atoms with van der Waals surface area (Å²) in [4.78, 5) is 12.8. The minimum Gasteiger partial charge on any atom is -0.351 e. The van der Waals surface area contributed by atoms with Crippen molar-refractivity contribution in [2.24, 2.45) is 0 Å². The van der Waals surface area contributed by atoms with Gasteiger partial charge in [0.2, 0.25) is 0 Å². The van der Waals surface area contributed by atoms with E-state index in [4.69, 9.17) is 12.2 Å². The Hall–Kier alpha value is -1.70. The maximum absolute atomic E-state index is 13.0. The Kier molecular flexibility index (Phi) is 3.68. The number of hydrogen-bond acceptors (Lipinski definition) is 2. The van der Waals surface area contributed by atoms with Crippen LogP contribution in [0.5, 0.6) is 0 Å². The fraction of sp³-hybridized carbons (Fsp3) is 0.333. The first kappa shape index (κ1) is 14.7. The lowest BCUT2D eigenvalue weighted by Gasteiger charge is -2.18. The number of hydrogen-bond donors (Lipinski definition) is 1. The lowest BCUT2D eigenvalue weighted by molar-refractivity contribution is -0.139. The molecule has 0 saturated carbocycles. The summed E-state index contributed by atoms with van der Waals surface area (Å²) in [5.74, 6) is -1.39. The zero-order chi connectivity index (χ0) is 15.1. The number of thiocarbonyl (C=S) groups is 1. The van der Waals surface area contributed by atoms with Gasteiger partial charge in [-0.3, -0.25) is 9.69 Å². The number of alkyl halides is 3. The van der Waals surface area contributed by atoms with E-state index >= 15 is 0 Å². The highest BCUT2D eigenvalue weighted by atomic mass is 32.1. The lowest BCUT2D eigenvalue weighted by Crippen LogP contribution is -2.31. The van der Waals surface area contributed by atoms with Crippen molar-refractivity contribution in [2.75, 3.05) is 0 Å². The molecule has 3 nitrogen and oxygen atoms in total. The first-order chi connectivity index (χ1) is 9.20. The molecule has 1 amide bonds. The van der Waals surface area contributed by atoms with Crippen molar-refractivity contribution in [3.8, 4) is 0 Å². The van der Waals surface area contributed by atoms with Gasteiger partial charge in [-0.15, -0.1) is 0 Å². The molecule has 1 N–H and O–H groups in total. The molecular formula is C12H10F4N2OS. The summed E-state index contributed by atoms with van der Waals surface area (Å²) in [5, 5.41) is 2.73. The Bertz CT molecular complexity index is 573. The third-order valence-corrected chi connectivity index (χ3v) is 3.27. The molecule has 1 saturated heterocycles. The molecular weight excluding hydrogens is 296 g/mol. The summed E-state index contributed by atoms with van der Waals surface area (Å²) in [7, 11) is 0. The smallest absolute Gasteiger partial charge is 0.351 e. The summed E-state index contributed by atoms with van der Waals surface area (Å²) < 4.78 is 51.6. The van der Waals surface area contributed by atoms with Crippen molar-refractivity contribution in [2.45, 2.75) is 25.7 Å². The van der Waals surface area contributed by atoms with E-state index in [0.717, 1.165) is 17.0 Å². The van der Waals surface area contributed by atoms with E-state index in [1.165, 1.54) is 0 Å². The minimum atomic E-state index is -4.69. The monoisotopic (exact) mass is 306 g/mol. The summed E-state index contributed by atoms with van der Waals surface area (Å²) in [6, 6.07) is 1.77. The first-order valence-electron chi connectivity index (χ1n) is 5.67. The fourth-order valence-electron chi connectivity index (χ4n) is 1.93. The van der Waals surface area contributed by atoms with Gasteiger partial charge in [0.25, 0.3) is 5.91 Å². The molecule has 1 heterocycles. The van der Waals surface area contributed by atoms with Crippen LogP contribution in [0.4, 0.5) is 17.6 Å². The van der Waals surface area contributed by atoms with Crippen molar-refractivity contribution in [3.63, 3.8) is 0 Å². The Morgan fingerprint density at radius 3 is 2.55 bits per heavy atom. The molecule has 8 heteroatoms. The Balaban J connectivity index is 2.35. The van der Waals surface area contributed by atoms with Gasteiger partial charge >= 0.3 is 6.18 Å². The minimum absolute atomic E-state index is 0.0694. The molecule has 20 heavy (non-hydrogen) atoms. The van der Waals surface area contributed by atoms with Gasteiger partial charge in [-0.05, 0) is 36.8 Å². The van der Waals surface area contributed by atoms with Crippen LogP contribution < -0.4 is 5.32 Å². The lowest BCUT2D eigenvalue weighted by atomic mass is 10.1. The molecule has 0 radical (unpaired) electrons. The molecule has 0 bridgehead atoms. The van der Waals surface area contributed by atoms with E-state index in [0.29, 0.717) is 6.07 Å². The van der Waals surface area contributed by atoms with Crippen molar-refractivity contribution in [1.29, 1.82) is 0 Å². The number of nitrogens with zero attached hydrogens (tertiary/aromatic N) is 1. The van der Waals surface area contributed by atoms with Gasteiger partial charge in [-0.2, -0.15) is 13.2 Å². The molecule has 108 valence electrons. The molecule has 1 aliphatic rings. The normalized spacial score (nSPS) is 19.4. The Morgan fingerprint density at radius 2 is 2.05 bits per heavy atom. The molecule has 0 spiro atoms. The van der Waals surface area contributed by atoms with Gasteiger partial charge in [0, 0.05) is 0 Å². The molecule has 1 atom stereocenters. The highest BCUT2D eigenvalue weighted by Gasteiger charge is 2.37. The predicted molar refractivity (Wildman–Crippen MR) is 67.1 cm³/mol. The van der Waals surface area contributed by atoms with E-state index in [9.17, 15) is 22.4 Å². The number of benzene rings is 1. The maximum atomic E-state index is 13.0. The third-order valence-electron chi connectivity index (χ3n) is 2.93. The second-order valence-electron chi connectivity index (χ2n) is 4.39. The molecule has 1 aromatic rings. The SMILES string of the molecule is C[C@@H]1NC(=S)N(Cc2ccc(F)cc2C(F)(F)F)C1=O. The molecule has 1 aliphatic heterocycles. The predicted octanol–water partition coefficient (Wildman–Crippen LogP) is 2.45. The first-order valence-corrected chi connectivity index (χ1v) is 6.08. The van der Waals surface area contributed by atoms with E-state index in [1.54, 1.807) is 6.92 Å². The average molecular weight is 306 g/mol. The van der Waals surface area contributed by atoms with Crippen LogP contribution in [0.3, 0.4) is 0 Å². The van der Waals surface area contributed by atoms with E-state index in [1.807, 2.05) is 0 Å². The maximum Gasteiger partial charge on any atom is 0.416 e. The van der Waals surface area contributed by atoms with Crippen LogP contribution in [-0.2, 0) is 17.5 Å². The van der Waals surface area contributed by atoms with Crippen LogP contribution in [0, 0.1) is 5.82 Å². The van der Waals surface area contributed by atoms with Gasteiger partial charge in [0.05, 0.1) is 12.1 Å². The second-order valence-corrected chi connectivity index (χ2v) is 4.78. The standard InChI is InChI=1S/C12H10F4N2OS/c1-6-10(19)18(11(20)17-6)5-7-2-3-8(13)4-9(7)12(14,15)16/h2-4,6H,5H2,1H3,(H,17,20)/t6-/m0/s1. The third kappa shape index (κ3) is 2.74. The number of nitrogens with one attached hydrogen (secondary N) is 1. The van der Waals surface area contributed by atoms with Crippen LogP contribution in [0.2, 0.25) is 0 Å². The Labute approximate surface area is 117 Å². The number of amides is 1. The zero-order valence-corrected chi connectivity index (χ0v) is 11.1. The summed E-state index contributed by atoms with van der Waals surface area (Å²) in [6.07, 6.45) is -4.69. The highest BCUT2D eigenvalue weighted by Crippen LogP contribution is 2.33. The quantitative estimate of drug-likeness (QED) is 0.673. The Morgan fingerprint density at radius 1 is 1.40 bits per heavy atom. The summed E-state index contributed by atoms with van der Waals surface area (Å²) >= 11 is 4.89.